The third kappa shape index (κ3) is 4.54. The lowest BCUT2D eigenvalue weighted by Gasteiger charge is -2.14. The fourth-order valence-electron chi connectivity index (χ4n) is 9.10. The Balaban J connectivity index is 1.19. The number of thiophene rings is 2. The van der Waals surface area contributed by atoms with Gasteiger partial charge in [0.2, 0.25) is 5.95 Å². The summed E-state index contributed by atoms with van der Waals surface area (Å²) in [6.45, 7) is 0. The molecule has 5 nitrogen and oxygen atoms in total. The molecular weight excluding hydrogens is 747 g/mol. The van der Waals surface area contributed by atoms with E-state index in [1.807, 2.05) is 40.9 Å². The summed E-state index contributed by atoms with van der Waals surface area (Å²) in [5.41, 5.74) is 7.40. The van der Waals surface area contributed by atoms with Gasteiger partial charge >= 0.3 is 0 Å². The molecule has 0 bridgehead atoms. The van der Waals surface area contributed by atoms with Crippen LogP contribution in [0.25, 0.3) is 118 Å². The van der Waals surface area contributed by atoms with Crippen LogP contribution >= 0.6 is 22.7 Å². The standard InChI is InChI=1S/C51H29N5S2/c1-2-14-30(15-3-1)49-52-50(54-51(53-49)56-41-23-11-6-18-34(41)35-19-7-12-24-42(35)56)38-29-31(55-39-21-9-4-16-32(39)33-17-5-10-22-40(33)55)28-37-47-45(58-48(37)38)27-26-44-46(47)36-20-8-13-25-43(36)57-44/h1-29H. The minimum atomic E-state index is 0.587. The van der Waals surface area contributed by atoms with Crippen molar-refractivity contribution < 1.29 is 0 Å². The van der Waals surface area contributed by atoms with E-state index in [2.05, 4.69) is 167 Å². The maximum absolute atomic E-state index is 5.48. The third-order valence-electron chi connectivity index (χ3n) is 11.6. The second-order valence-electron chi connectivity index (χ2n) is 14.8. The molecular formula is C51H29N5S2. The zero-order valence-corrected chi connectivity index (χ0v) is 32.4. The first-order chi connectivity index (χ1) is 28.8. The van der Waals surface area contributed by atoms with Crippen molar-refractivity contribution in [2.45, 2.75) is 0 Å². The summed E-state index contributed by atoms with van der Waals surface area (Å²) in [6.07, 6.45) is 0. The molecule has 5 aromatic heterocycles. The summed E-state index contributed by atoms with van der Waals surface area (Å²) >= 11 is 3.68. The van der Waals surface area contributed by atoms with Gasteiger partial charge in [0.05, 0.1) is 22.1 Å². The van der Waals surface area contributed by atoms with Gasteiger partial charge in [-0.15, -0.1) is 22.7 Å². The molecule has 58 heavy (non-hydrogen) atoms. The highest BCUT2D eigenvalue weighted by Gasteiger charge is 2.23. The van der Waals surface area contributed by atoms with Gasteiger partial charge < -0.3 is 4.57 Å². The lowest BCUT2D eigenvalue weighted by molar-refractivity contribution is 0.954. The molecule has 0 unspecified atom stereocenters. The molecule has 0 aliphatic heterocycles. The normalized spacial score (nSPS) is 12.1. The van der Waals surface area contributed by atoms with Crippen LogP contribution in [-0.4, -0.2) is 24.1 Å². The molecule has 0 aliphatic rings. The molecule has 0 atom stereocenters. The molecule has 0 saturated heterocycles. The molecule has 0 amide bonds. The number of rotatable bonds is 4. The van der Waals surface area contributed by atoms with E-state index in [1.165, 1.54) is 46.4 Å². The highest BCUT2D eigenvalue weighted by atomic mass is 32.1. The molecule has 0 saturated carbocycles. The van der Waals surface area contributed by atoms with Crippen LogP contribution in [0.3, 0.4) is 0 Å². The smallest absolute Gasteiger partial charge is 0.238 e. The maximum atomic E-state index is 5.48. The van der Waals surface area contributed by atoms with E-state index in [1.54, 1.807) is 0 Å². The Labute approximate surface area is 339 Å². The minimum Gasteiger partial charge on any atom is -0.309 e. The van der Waals surface area contributed by atoms with Crippen LogP contribution in [0.5, 0.6) is 0 Å². The van der Waals surface area contributed by atoms with Gasteiger partial charge in [0.1, 0.15) is 0 Å². The number of hydrogen-bond donors (Lipinski definition) is 0. The first-order valence-corrected chi connectivity index (χ1v) is 21.0. The summed E-state index contributed by atoms with van der Waals surface area (Å²) in [5, 5.41) is 9.84. The molecule has 5 heterocycles. The third-order valence-corrected chi connectivity index (χ3v) is 13.9. The summed E-state index contributed by atoms with van der Waals surface area (Å²) in [4.78, 5) is 16.1. The van der Waals surface area contributed by atoms with Crippen LogP contribution in [-0.2, 0) is 0 Å². The van der Waals surface area contributed by atoms with Crippen LogP contribution in [0.4, 0.5) is 0 Å². The molecule has 7 heteroatoms. The Morgan fingerprint density at radius 3 is 1.50 bits per heavy atom. The fraction of sp³-hybridized carbons (Fsp3) is 0. The number of aromatic nitrogens is 5. The zero-order valence-electron chi connectivity index (χ0n) is 30.8. The van der Waals surface area contributed by atoms with Gasteiger partial charge in [-0.3, -0.25) is 4.57 Å². The van der Waals surface area contributed by atoms with Crippen molar-refractivity contribution in [3.05, 3.63) is 176 Å². The van der Waals surface area contributed by atoms with Crippen molar-refractivity contribution in [3.8, 4) is 34.4 Å². The van der Waals surface area contributed by atoms with Gasteiger partial charge in [0.25, 0.3) is 0 Å². The number of nitrogens with zero attached hydrogens (tertiary/aromatic N) is 5. The maximum Gasteiger partial charge on any atom is 0.238 e. The van der Waals surface area contributed by atoms with Crippen LogP contribution in [0.1, 0.15) is 0 Å². The summed E-state index contributed by atoms with van der Waals surface area (Å²) < 4.78 is 9.59. The number of fused-ring (bicyclic) bond motifs is 13. The average molecular weight is 776 g/mol. The van der Waals surface area contributed by atoms with Crippen LogP contribution < -0.4 is 0 Å². The molecule has 13 aromatic rings. The second-order valence-corrected chi connectivity index (χ2v) is 16.9. The molecule has 0 aliphatic carbocycles. The highest BCUT2D eigenvalue weighted by Crippen LogP contribution is 2.48. The van der Waals surface area contributed by atoms with Crippen molar-refractivity contribution >= 4 is 107 Å². The quantitative estimate of drug-likeness (QED) is 0.179. The first kappa shape index (κ1) is 32.0. The van der Waals surface area contributed by atoms with Gasteiger partial charge in [-0.2, -0.15) is 9.97 Å². The van der Waals surface area contributed by atoms with Crippen molar-refractivity contribution in [1.82, 2.24) is 24.1 Å². The predicted molar refractivity (Wildman–Crippen MR) is 245 cm³/mol. The number of para-hydroxylation sites is 4. The van der Waals surface area contributed by atoms with Crippen molar-refractivity contribution in [3.63, 3.8) is 0 Å². The first-order valence-electron chi connectivity index (χ1n) is 19.4. The van der Waals surface area contributed by atoms with Gasteiger partial charge in [0, 0.05) is 78.7 Å². The van der Waals surface area contributed by atoms with E-state index in [0.717, 1.165) is 54.4 Å². The number of hydrogen-bond acceptors (Lipinski definition) is 5. The van der Waals surface area contributed by atoms with E-state index < -0.39 is 0 Å². The Kier molecular flexibility index (Phi) is 6.70. The van der Waals surface area contributed by atoms with Crippen molar-refractivity contribution in [2.24, 2.45) is 0 Å². The SMILES string of the molecule is c1ccc(-c2nc(-c3cc(-n4c5ccccc5c5ccccc54)cc4c3sc3ccc5sc6ccccc6c5c34)nc(-n3c4ccccc4c4ccccc43)n2)cc1. The topological polar surface area (TPSA) is 48.5 Å². The molecule has 0 radical (unpaired) electrons. The molecule has 0 fully saturated rings. The van der Waals surface area contributed by atoms with Gasteiger partial charge in [-0.05, 0) is 54.6 Å². The molecule has 0 spiro atoms. The van der Waals surface area contributed by atoms with Gasteiger partial charge in [0.15, 0.2) is 11.6 Å². The van der Waals surface area contributed by atoms with E-state index >= 15 is 0 Å². The van der Waals surface area contributed by atoms with Crippen molar-refractivity contribution in [1.29, 1.82) is 0 Å². The van der Waals surface area contributed by atoms with Crippen LogP contribution in [0.15, 0.2) is 176 Å². The van der Waals surface area contributed by atoms with E-state index in [4.69, 9.17) is 15.0 Å². The molecule has 0 N–H and O–H groups in total. The summed E-state index contributed by atoms with van der Waals surface area (Å²) in [5.74, 6) is 1.85. The van der Waals surface area contributed by atoms with Crippen LogP contribution in [0.2, 0.25) is 0 Å². The second kappa shape index (κ2) is 12.2. The monoisotopic (exact) mass is 775 g/mol. The molecule has 270 valence electrons. The molecule has 13 rings (SSSR count). The number of benzene rings is 8. The summed E-state index contributed by atoms with van der Waals surface area (Å²) in [6, 6.07) is 62.9. The van der Waals surface area contributed by atoms with Crippen LogP contribution in [0, 0.1) is 0 Å². The predicted octanol–water partition coefficient (Wildman–Crippen LogP) is 14.1. The fourth-order valence-corrected chi connectivity index (χ4v) is 11.4. The van der Waals surface area contributed by atoms with Gasteiger partial charge in [-0.25, -0.2) is 4.98 Å². The Hall–Kier alpha value is -7.19. The lowest BCUT2D eigenvalue weighted by Crippen LogP contribution is -2.06. The van der Waals surface area contributed by atoms with E-state index in [-0.39, 0.29) is 0 Å². The molecule has 8 aromatic carbocycles. The largest absolute Gasteiger partial charge is 0.309 e. The lowest BCUT2D eigenvalue weighted by atomic mass is 10.0. The minimum absolute atomic E-state index is 0.587. The van der Waals surface area contributed by atoms with Gasteiger partial charge in [-0.1, -0.05) is 121 Å². The van der Waals surface area contributed by atoms with E-state index in [9.17, 15) is 0 Å². The zero-order chi connectivity index (χ0) is 37.9. The summed E-state index contributed by atoms with van der Waals surface area (Å²) in [7, 11) is 0. The average Bonchev–Trinajstić information content (AvgIpc) is 4.04. The van der Waals surface area contributed by atoms with Crippen molar-refractivity contribution in [2.75, 3.05) is 0 Å². The highest BCUT2D eigenvalue weighted by molar-refractivity contribution is 7.28. The Morgan fingerprint density at radius 1 is 0.362 bits per heavy atom. The Morgan fingerprint density at radius 2 is 0.862 bits per heavy atom. The van der Waals surface area contributed by atoms with E-state index in [0.29, 0.717) is 17.6 Å². The Bertz CT molecular complexity index is 3710.